The Morgan fingerprint density at radius 2 is 1.60 bits per heavy atom. The number of ether oxygens (including phenoxy) is 1. The molecule has 0 bridgehead atoms. The van der Waals surface area contributed by atoms with Gasteiger partial charge in [-0.15, -0.1) is 0 Å². The summed E-state index contributed by atoms with van der Waals surface area (Å²) in [5, 5.41) is 10.9. The molecule has 3 atom stereocenters. The van der Waals surface area contributed by atoms with Gasteiger partial charge in [0.05, 0.1) is 0 Å². The molecule has 0 unspecified atom stereocenters. The van der Waals surface area contributed by atoms with Crippen LogP contribution in [0.15, 0.2) is 12.1 Å². The van der Waals surface area contributed by atoms with Crippen LogP contribution in [0.2, 0.25) is 0 Å². The maximum absolute atomic E-state index is 12.7. The molecular formula is C27H44O3. The number of rotatable bonds is 5. The Bertz CT molecular complexity index is 698. The van der Waals surface area contributed by atoms with Crippen molar-refractivity contribution in [1.29, 1.82) is 0 Å². The van der Waals surface area contributed by atoms with Crippen molar-refractivity contribution in [3.8, 4) is 5.75 Å². The van der Waals surface area contributed by atoms with Crippen molar-refractivity contribution in [1.82, 2.24) is 0 Å². The molecule has 0 spiro atoms. The van der Waals surface area contributed by atoms with E-state index in [1.807, 2.05) is 0 Å². The highest BCUT2D eigenvalue weighted by Gasteiger charge is 2.33. The lowest BCUT2D eigenvalue weighted by Crippen LogP contribution is -2.35. The summed E-state index contributed by atoms with van der Waals surface area (Å²) in [5.74, 6) is 1.92. The Morgan fingerprint density at radius 3 is 2.07 bits per heavy atom. The van der Waals surface area contributed by atoms with Gasteiger partial charge in [-0.2, -0.15) is 0 Å². The van der Waals surface area contributed by atoms with Crippen LogP contribution in [0.1, 0.15) is 105 Å². The predicted molar refractivity (Wildman–Crippen MR) is 125 cm³/mol. The molecule has 1 aromatic carbocycles. The van der Waals surface area contributed by atoms with E-state index in [4.69, 9.17) is 4.74 Å². The Hall–Kier alpha value is -1.51. The first kappa shape index (κ1) is 24.8. The highest BCUT2D eigenvalue weighted by molar-refractivity contribution is 5.70. The zero-order chi connectivity index (χ0) is 22.9. The molecule has 1 fully saturated rings. The van der Waals surface area contributed by atoms with Crippen molar-refractivity contribution in [2.45, 2.75) is 111 Å². The molecule has 170 valence electrons. The van der Waals surface area contributed by atoms with Gasteiger partial charge in [0.2, 0.25) is 0 Å². The van der Waals surface area contributed by atoms with E-state index in [2.05, 4.69) is 74.4 Å². The standard InChI is InChI=1S/C27H44O3/c1-17(2)20-12-10-18(3)14-23(20)30-24(28)13-11-19-15-21(26(4,5)6)25(29)22(16-19)27(7,8)9/h15-18,20,23,29H,10-14H2,1-9H3/t18-,20+,23-/m1/s1. The molecule has 1 aromatic rings. The normalized spacial score (nSPS) is 22.9. The van der Waals surface area contributed by atoms with Gasteiger partial charge in [0.25, 0.3) is 0 Å². The number of esters is 1. The highest BCUT2D eigenvalue weighted by Crippen LogP contribution is 2.40. The van der Waals surface area contributed by atoms with E-state index in [0.29, 0.717) is 36.3 Å². The van der Waals surface area contributed by atoms with Crippen LogP contribution in [0.4, 0.5) is 0 Å². The molecule has 3 heteroatoms. The first-order valence-electron chi connectivity index (χ1n) is 11.8. The third-order valence-electron chi connectivity index (χ3n) is 6.65. The Balaban J connectivity index is 2.15. The number of aromatic hydroxyl groups is 1. The summed E-state index contributed by atoms with van der Waals surface area (Å²) in [6.07, 6.45) is 4.44. The molecular weight excluding hydrogens is 372 g/mol. The van der Waals surface area contributed by atoms with Crippen LogP contribution in [0, 0.1) is 17.8 Å². The zero-order valence-corrected chi connectivity index (χ0v) is 20.8. The number of hydrogen-bond donors (Lipinski definition) is 1. The lowest BCUT2D eigenvalue weighted by molar-refractivity contribution is -0.155. The molecule has 30 heavy (non-hydrogen) atoms. The first-order valence-corrected chi connectivity index (χ1v) is 11.8. The Labute approximate surface area is 184 Å². The molecule has 0 saturated heterocycles. The summed E-state index contributed by atoms with van der Waals surface area (Å²) < 4.78 is 5.99. The molecule has 0 aliphatic heterocycles. The van der Waals surface area contributed by atoms with Crippen LogP contribution in [-0.4, -0.2) is 17.2 Å². The second-order valence-corrected chi connectivity index (χ2v) is 11.9. The van der Waals surface area contributed by atoms with E-state index in [1.54, 1.807) is 0 Å². The Morgan fingerprint density at radius 1 is 1.07 bits per heavy atom. The maximum Gasteiger partial charge on any atom is 0.306 e. The molecule has 1 aliphatic carbocycles. The fourth-order valence-corrected chi connectivity index (χ4v) is 4.71. The average Bonchev–Trinajstić information content (AvgIpc) is 2.58. The fourth-order valence-electron chi connectivity index (χ4n) is 4.71. The van der Waals surface area contributed by atoms with Gasteiger partial charge in [0, 0.05) is 6.42 Å². The minimum absolute atomic E-state index is 0.0522. The van der Waals surface area contributed by atoms with Crippen LogP contribution < -0.4 is 0 Å². The van der Waals surface area contributed by atoms with Crippen molar-refractivity contribution in [3.63, 3.8) is 0 Å². The summed E-state index contributed by atoms with van der Waals surface area (Å²) in [4.78, 5) is 12.7. The number of aryl methyl sites for hydroxylation is 1. The van der Waals surface area contributed by atoms with Gasteiger partial charge < -0.3 is 9.84 Å². The molecule has 0 amide bonds. The summed E-state index contributed by atoms with van der Waals surface area (Å²) >= 11 is 0. The van der Waals surface area contributed by atoms with E-state index in [1.165, 1.54) is 6.42 Å². The number of benzene rings is 1. The summed E-state index contributed by atoms with van der Waals surface area (Å²) in [6.45, 7) is 19.4. The minimum Gasteiger partial charge on any atom is -0.507 e. The maximum atomic E-state index is 12.7. The molecule has 1 N–H and O–H groups in total. The van der Waals surface area contributed by atoms with Crippen molar-refractivity contribution < 1.29 is 14.6 Å². The summed E-state index contributed by atoms with van der Waals surface area (Å²) in [7, 11) is 0. The van der Waals surface area contributed by atoms with Crippen molar-refractivity contribution in [2.75, 3.05) is 0 Å². The highest BCUT2D eigenvalue weighted by atomic mass is 16.5. The number of carbonyl (C=O) groups is 1. The van der Waals surface area contributed by atoms with E-state index >= 15 is 0 Å². The van der Waals surface area contributed by atoms with Gasteiger partial charge in [-0.1, -0.05) is 80.9 Å². The third-order valence-corrected chi connectivity index (χ3v) is 6.65. The first-order chi connectivity index (χ1) is 13.7. The van der Waals surface area contributed by atoms with Crippen LogP contribution >= 0.6 is 0 Å². The zero-order valence-electron chi connectivity index (χ0n) is 20.8. The van der Waals surface area contributed by atoms with Gasteiger partial charge in [-0.05, 0) is 64.5 Å². The molecule has 3 nitrogen and oxygen atoms in total. The van der Waals surface area contributed by atoms with Crippen molar-refractivity contribution >= 4 is 5.97 Å². The summed E-state index contributed by atoms with van der Waals surface area (Å²) in [5.41, 5.74) is 2.66. The molecule has 0 aromatic heterocycles. The van der Waals surface area contributed by atoms with Gasteiger partial charge in [0.1, 0.15) is 11.9 Å². The average molecular weight is 417 g/mol. The number of phenols is 1. The SMILES string of the molecule is CC(C)[C@@H]1CC[C@@H](C)C[C@H]1OC(=O)CCc1cc(C(C)(C)C)c(O)c(C(C)(C)C)c1. The number of carbonyl (C=O) groups excluding carboxylic acids is 1. The second kappa shape index (κ2) is 9.32. The monoisotopic (exact) mass is 416 g/mol. The number of phenolic OH excluding ortho intramolecular Hbond substituents is 1. The van der Waals surface area contributed by atoms with Crippen molar-refractivity contribution in [3.05, 3.63) is 28.8 Å². The van der Waals surface area contributed by atoms with Crippen LogP contribution in [0.5, 0.6) is 5.75 Å². The molecule has 1 saturated carbocycles. The van der Waals surface area contributed by atoms with Crippen LogP contribution in [0.25, 0.3) is 0 Å². The third kappa shape index (κ3) is 6.25. The van der Waals surface area contributed by atoms with E-state index in [-0.39, 0.29) is 22.9 Å². The van der Waals surface area contributed by atoms with Gasteiger partial charge in [0.15, 0.2) is 0 Å². The Kier molecular flexibility index (Phi) is 7.69. The van der Waals surface area contributed by atoms with Gasteiger partial charge in [-0.25, -0.2) is 0 Å². The van der Waals surface area contributed by atoms with E-state index < -0.39 is 0 Å². The molecule has 1 aliphatic rings. The molecule has 2 rings (SSSR count). The molecule has 0 radical (unpaired) electrons. The van der Waals surface area contributed by atoms with Gasteiger partial charge >= 0.3 is 5.97 Å². The van der Waals surface area contributed by atoms with Crippen LogP contribution in [-0.2, 0) is 26.8 Å². The van der Waals surface area contributed by atoms with E-state index in [0.717, 1.165) is 29.5 Å². The van der Waals surface area contributed by atoms with Crippen LogP contribution in [0.3, 0.4) is 0 Å². The summed E-state index contributed by atoms with van der Waals surface area (Å²) in [6, 6.07) is 4.13. The predicted octanol–water partition coefficient (Wildman–Crippen LogP) is 6.92. The number of hydrogen-bond acceptors (Lipinski definition) is 3. The quantitative estimate of drug-likeness (QED) is 0.530. The van der Waals surface area contributed by atoms with E-state index in [9.17, 15) is 9.90 Å². The largest absolute Gasteiger partial charge is 0.507 e. The van der Waals surface area contributed by atoms with Crippen molar-refractivity contribution in [2.24, 2.45) is 17.8 Å². The lowest BCUT2D eigenvalue weighted by Gasteiger charge is -2.36. The minimum atomic E-state index is -0.163. The smallest absolute Gasteiger partial charge is 0.306 e. The second-order valence-electron chi connectivity index (χ2n) is 11.9. The fraction of sp³-hybridized carbons (Fsp3) is 0.741. The van der Waals surface area contributed by atoms with Gasteiger partial charge in [-0.3, -0.25) is 4.79 Å². The molecule has 0 heterocycles. The topological polar surface area (TPSA) is 46.5 Å². The lowest BCUT2D eigenvalue weighted by atomic mass is 9.75.